The Labute approximate surface area is 99.3 Å². The Kier molecular flexibility index (Phi) is 2.40. The van der Waals surface area contributed by atoms with Crippen molar-refractivity contribution >= 4 is 11.6 Å². The summed E-state index contributed by atoms with van der Waals surface area (Å²) in [4.78, 5) is 13.8. The zero-order valence-corrected chi connectivity index (χ0v) is 9.60. The van der Waals surface area contributed by atoms with Gasteiger partial charge in [0.15, 0.2) is 0 Å². The van der Waals surface area contributed by atoms with Gasteiger partial charge >= 0.3 is 0 Å². The molecule has 90 valence electrons. The molecule has 1 fully saturated rings. The molecule has 0 bridgehead atoms. The van der Waals surface area contributed by atoms with Crippen molar-refractivity contribution in [2.24, 2.45) is 0 Å². The predicted molar refractivity (Wildman–Crippen MR) is 62.6 cm³/mol. The second-order valence-electron chi connectivity index (χ2n) is 4.19. The average Bonchev–Trinajstić information content (AvgIpc) is 2.38. The number of carbonyl (C=O) groups excluding carboxylic acids is 1. The van der Waals surface area contributed by atoms with Crippen molar-refractivity contribution in [3.05, 3.63) is 18.2 Å². The first-order valence-corrected chi connectivity index (χ1v) is 5.63. The van der Waals surface area contributed by atoms with E-state index in [1.807, 2.05) is 23.1 Å². The van der Waals surface area contributed by atoms with Gasteiger partial charge in [0.2, 0.25) is 5.91 Å². The quantitative estimate of drug-likeness (QED) is 0.764. The molecule has 1 N–H and O–H groups in total. The van der Waals surface area contributed by atoms with Crippen molar-refractivity contribution < 1.29 is 14.3 Å². The molecule has 0 aliphatic carbocycles. The van der Waals surface area contributed by atoms with Gasteiger partial charge in [-0.15, -0.1) is 0 Å². The molecule has 2 heterocycles. The van der Waals surface area contributed by atoms with Gasteiger partial charge in [0.05, 0.1) is 25.4 Å². The van der Waals surface area contributed by atoms with Gasteiger partial charge in [0.1, 0.15) is 18.1 Å². The molecule has 0 spiro atoms. The van der Waals surface area contributed by atoms with Crippen LogP contribution in [0.3, 0.4) is 0 Å². The van der Waals surface area contributed by atoms with Gasteiger partial charge < -0.3 is 14.8 Å². The summed E-state index contributed by atoms with van der Waals surface area (Å²) in [7, 11) is 1.61. The van der Waals surface area contributed by atoms with Gasteiger partial charge in [-0.3, -0.25) is 9.69 Å². The number of rotatable bonds is 1. The van der Waals surface area contributed by atoms with Crippen LogP contribution in [0.4, 0.5) is 5.69 Å². The van der Waals surface area contributed by atoms with Crippen LogP contribution >= 0.6 is 0 Å². The Morgan fingerprint density at radius 1 is 1.53 bits per heavy atom. The SMILES string of the molecule is COc1ccc2c(c1)N1C(=O)CNCC1CO2. The van der Waals surface area contributed by atoms with Crippen LogP contribution in [0.5, 0.6) is 11.5 Å². The van der Waals surface area contributed by atoms with Crippen LogP contribution in [0.25, 0.3) is 0 Å². The highest BCUT2D eigenvalue weighted by Gasteiger charge is 2.35. The maximum absolute atomic E-state index is 12.0. The molecule has 0 radical (unpaired) electrons. The Bertz CT molecular complexity index is 461. The van der Waals surface area contributed by atoms with Gasteiger partial charge in [0, 0.05) is 12.6 Å². The fourth-order valence-corrected chi connectivity index (χ4v) is 2.31. The number of hydrogen-bond donors (Lipinski definition) is 1. The van der Waals surface area contributed by atoms with Crippen LogP contribution in [0.1, 0.15) is 0 Å². The van der Waals surface area contributed by atoms with Gasteiger partial charge in [-0.05, 0) is 12.1 Å². The molecule has 17 heavy (non-hydrogen) atoms. The molecular weight excluding hydrogens is 220 g/mol. The number of nitrogens with zero attached hydrogens (tertiary/aromatic N) is 1. The highest BCUT2D eigenvalue weighted by atomic mass is 16.5. The number of carbonyl (C=O) groups is 1. The van der Waals surface area contributed by atoms with Crippen LogP contribution in [0, 0.1) is 0 Å². The topological polar surface area (TPSA) is 50.8 Å². The lowest BCUT2D eigenvalue weighted by Crippen LogP contribution is -2.58. The third kappa shape index (κ3) is 1.63. The molecule has 0 aromatic heterocycles. The summed E-state index contributed by atoms with van der Waals surface area (Å²) in [6.45, 7) is 1.69. The maximum Gasteiger partial charge on any atom is 0.241 e. The molecule has 0 saturated carbocycles. The Morgan fingerprint density at radius 2 is 2.41 bits per heavy atom. The van der Waals surface area contributed by atoms with E-state index in [9.17, 15) is 4.79 Å². The van der Waals surface area contributed by atoms with E-state index in [1.54, 1.807) is 7.11 Å². The third-order valence-corrected chi connectivity index (χ3v) is 3.15. The molecule has 1 aromatic rings. The number of nitrogens with one attached hydrogen (secondary N) is 1. The molecule has 1 saturated heterocycles. The van der Waals surface area contributed by atoms with E-state index in [0.29, 0.717) is 13.2 Å². The smallest absolute Gasteiger partial charge is 0.241 e. The second-order valence-corrected chi connectivity index (χ2v) is 4.19. The van der Waals surface area contributed by atoms with E-state index in [1.165, 1.54) is 0 Å². The van der Waals surface area contributed by atoms with Crippen molar-refractivity contribution in [1.29, 1.82) is 0 Å². The number of benzene rings is 1. The summed E-state index contributed by atoms with van der Waals surface area (Å²) in [5.74, 6) is 1.57. The molecule has 2 aliphatic rings. The zero-order chi connectivity index (χ0) is 11.8. The zero-order valence-electron chi connectivity index (χ0n) is 9.60. The van der Waals surface area contributed by atoms with Crippen molar-refractivity contribution in [3.8, 4) is 11.5 Å². The summed E-state index contributed by atoms with van der Waals surface area (Å²) in [6, 6.07) is 5.62. The molecule has 1 unspecified atom stereocenters. The van der Waals surface area contributed by atoms with Crippen LogP contribution in [-0.2, 0) is 4.79 Å². The maximum atomic E-state index is 12.0. The monoisotopic (exact) mass is 234 g/mol. The average molecular weight is 234 g/mol. The number of ether oxygens (including phenoxy) is 2. The molecular formula is C12H14N2O3. The summed E-state index contributed by atoms with van der Waals surface area (Å²) in [5.41, 5.74) is 0.812. The number of methoxy groups -OCH3 is 1. The van der Waals surface area contributed by atoms with Crippen molar-refractivity contribution in [2.75, 3.05) is 31.7 Å². The number of anilines is 1. The minimum absolute atomic E-state index is 0.0795. The van der Waals surface area contributed by atoms with Gasteiger partial charge in [-0.1, -0.05) is 0 Å². The number of piperazine rings is 1. The minimum atomic E-state index is 0.0795. The van der Waals surface area contributed by atoms with Crippen LogP contribution < -0.4 is 19.7 Å². The van der Waals surface area contributed by atoms with Gasteiger partial charge in [-0.2, -0.15) is 0 Å². The van der Waals surface area contributed by atoms with E-state index in [4.69, 9.17) is 9.47 Å². The van der Waals surface area contributed by atoms with Crippen LogP contribution in [0.15, 0.2) is 18.2 Å². The molecule has 1 atom stereocenters. The fraction of sp³-hybridized carbons (Fsp3) is 0.417. The minimum Gasteiger partial charge on any atom is -0.497 e. The molecule has 2 aliphatic heterocycles. The third-order valence-electron chi connectivity index (χ3n) is 3.15. The standard InChI is InChI=1S/C12H14N2O3/c1-16-9-2-3-11-10(4-9)14-8(7-17-11)5-13-6-12(14)15/h2-4,8,13H,5-7H2,1H3. The normalized spacial score (nSPS) is 22.5. The summed E-state index contributed by atoms with van der Waals surface area (Å²) >= 11 is 0. The largest absolute Gasteiger partial charge is 0.497 e. The van der Waals surface area contributed by atoms with Crippen molar-refractivity contribution in [1.82, 2.24) is 5.32 Å². The summed E-state index contributed by atoms with van der Waals surface area (Å²) in [5, 5.41) is 3.09. The van der Waals surface area contributed by atoms with Gasteiger partial charge in [-0.25, -0.2) is 0 Å². The lowest BCUT2D eigenvalue weighted by molar-refractivity contribution is -0.119. The Balaban J connectivity index is 2.05. The number of amides is 1. The lowest BCUT2D eigenvalue weighted by Gasteiger charge is -2.40. The van der Waals surface area contributed by atoms with E-state index in [-0.39, 0.29) is 11.9 Å². The Hall–Kier alpha value is -1.75. The number of hydrogen-bond acceptors (Lipinski definition) is 4. The highest BCUT2D eigenvalue weighted by molar-refractivity contribution is 5.98. The van der Waals surface area contributed by atoms with Crippen molar-refractivity contribution in [2.45, 2.75) is 6.04 Å². The van der Waals surface area contributed by atoms with E-state index >= 15 is 0 Å². The van der Waals surface area contributed by atoms with Crippen LogP contribution in [-0.4, -0.2) is 38.8 Å². The number of fused-ring (bicyclic) bond motifs is 3. The first kappa shape index (κ1) is 10.4. The molecule has 3 rings (SSSR count). The first-order chi connectivity index (χ1) is 8.29. The summed E-state index contributed by atoms with van der Waals surface area (Å²) in [6.07, 6.45) is 0. The molecule has 1 aromatic carbocycles. The van der Waals surface area contributed by atoms with Crippen molar-refractivity contribution in [3.63, 3.8) is 0 Å². The molecule has 5 heteroatoms. The first-order valence-electron chi connectivity index (χ1n) is 5.63. The molecule has 1 amide bonds. The Morgan fingerprint density at radius 3 is 3.24 bits per heavy atom. The van der Waals surface area contributed by atoms with Gasteiger partial charge in [0.25, 0.3) is 0 Å². The summed E-state index contributed by atoms with van der Waals surface area (Å²) < 4.78 is 10.8. The second kappa shape index (κ2) is 3.92. The van der Waals surface area contributed by atoms with E-state index in [0.717, 1.165) is 23.7 Å². The van der Waals surface area contributed by atoms with E-state index < -0.39 is 0 Å². The fourth-order valence-electron chi connectivity index (χ4n) is 2.31. The molecule has 5 nitrogen and oxygen atoms in total. The lowest BCUT2D eigenvalue weighted by atomic mass is 10.1. The predicted octanol–water partition coefficient (Wildman–Crippen LogP) is 0.392. The highest BCUT2D eigenvalue weighted by Crippen LogP contribution is 2.37. The van der Waals surface area contributed by atoms with Crippen LogP contribution in [0.2, 0.25) is 0 Å². The van der Waals surface area contributed by atoms with E-state index in [2.05, 4.69) is 5.32 Å².